The minimum atomic E-state index is -0.596. The summed E-state index contributed by atoms with van der Waals surface area (Å²) in [4.78, 5) is 11.9. The first kappa shape index (κ1) is 15.0. The third kappa shape index (κ3) is 4.88. The second kappa shape index (κ2) is 7.39. The molecule has 7 heteroatoms. The standard InChI is InChI=1S/C14H19N5O2/c15-13(10-11-2-4-12(20)5-3-11)14(21)16-6-1-8-19-9-7-17-18-19/h2-5,7,9,13,20H,1,6,8,10,15H2,(H,16,21)/t13-/m1/s1. The van der Waals surface area contributed by atoms with Crippen molar-refractivity contribution in [2.45, 2.75) is 25.4 Å². The van der Waals surface area contributed by atoms with Crippen LogP contribution in [0.4, 0.5) is 0 Å². The van der Waals surface area contributed by atoms with E-state index in [9.17, 15) is 9.90 Å². The van der Waals surface area contributed by atoms with Crippen LogP contribution in [0.3, 0.4) is 0 Å². The lowest BCUT2D eigenvalue weighted by Gasteiger charge is -2.12. The molecule has 0 aliphatic carbocycles. The Morgan fingerprint density at radius 2 is 2.14 bits per heavy atom. The van der Waals surface area contributed by atoms with Crippen LogP contribution in [0.2, 0.25) is 0 Å². The lowest BCUT2D eigenvalue weighted by molar-refractivity contribution is -0.122. The number of rotatable bonds is 7. The van der Waals surface area contributed by atoms with Gasteiger partial charge in [0.25, 0.3) is 0 Å². The number of phenolic OH excluding ortho intramolecular Hbond substituents is 1. The second-order valence-corrected chi connectivity index (χ2v) is 4.79. The van der Waals surface area contributed by atoms with Crippen molar-refractivity contribution in [1.29, 1.82) is 0 Å². The summed E-state index contributed by atoms with van der Waals surface area (Å²) in [5, 5.41) is 19.5. The van der Waals surface area contributed by atoms with Gasteiger partial charge in [0.05, 0.1) is 12.2 Å². The van der Waals surface area contributed by atoms with E-state index < -0.39 is 6.04 Å². The predicted molar refractivity (Wildman–Crippen MR) is 77.4 cm³/mol. The second-order valence-electron chi connectivity index (χ2n) is 4.79. The molecule has 0 aliphatic rings. The van der Waals surface area contributed by atoms with Crippen LogP contribution in [0.15, 0.2) is 36.7 Å². The van der Waals surface area contributed by atoms with Crippen LogP contribution in [-0.2, 0) is 17.8 Å². The largest absolute Gasteiger partial charge is 0.508 e. The van der Waals surface area contributed by atoms with E-state index in [0.717, 1.165) is 12.0 Å². The number of nitrogens with zero attached hydrogens (tertiary/aromatic N) is 3. The fourth-order valence-corrected chi connectivity index (χ4v) is 1.91. The van der Waals surface area contributed by atoms with Crippen molar-refractivity contribution in [3.05, 3.63) is 42.2 Å². The summed E-state index contributed by atoms with van der Waals surface area (Å²) in [6, 6.07) is 6.08. The van der Waals surface area contributed by atoms with Gasteiger partial charge in [-0.15, -0.1) is 5.10 Å². The maximum atomic E-state index is 11.9. The van der Waals surface area contributed by atoms with Crippen molar-refractivity contribution in [1.82, 2.24) is 20.3 Å². The number of hydrogen-bond donors (Lipinski definition) is 3. The molecule has 7 nitrogen and oxygen atoms in total. The topological polar surface area (TPSA) is 106 Å². The monoisotopic (exact) mass is 289 g/mol. The molecule has 1 heterocycles. The molecule has 21 heavy (non-hydrogen) atoms. The summed E-state index contributed by atoms with van der Waals surface area (Å²) in [6.07, 6.45) is 4.60. The van der Waals surface area contributed by atoms with Crippen LogP contribution in [0, 0.1) is 0 Å². The van der Waals surface area contributed by atoms with Gasteiger partial charge in [-0.1, -0.05) is 17.3 Å². The molecular weight excluding hydrogens is 270 g/mol. The number of aromatic hydroxyl groups is 1. The molecule has 2 rings (SSSR count). The van der Waals surface area contributed by atoms with E-state index in [-0.39, 0.29) is 11.7 Å². The molecule has 112 valence electrons. The fourth-order valence-electron chi connectivity index (χ4n) is 1.91. The number of hydrogen-bond acceptors (Lipinski definition) is 5. The minimum Gasteiger partial charge on any atom is -0.508 e. The quantitative estimate of drug-likeness (QED) is 0.625. The number of aryl methyl sites for hydroxylation is 1. The molecule has 0 radical (unpaired) electrons. The van der Waals surface area contributed by atoms with E-state index in [0.29, 0.717) is 19.5 Å². The SMILES string of the molecule is N[C@H](Cc1ccc(O)cc1)C(=O)NCCCn1ccnn1. The highest BCUT2D eigenvalue weighted by molar-refractivity contribution is 5.81. The zero-order valence-corrected chi connectivity index (χ0v) is 11.6. The highest BCUT2D eigenvalue weighted by Crippen LogP contribution is 2.10. The van der Waals surface area contributed by atoms with Crippen molar-refractivity contribution in [2.75, 3.05) is 6.54 Å². The van der Waals surface area contributed by atoms with E-state index in [1.165, 1.54) is 0 Å². The normalized spacial score (nSPS) is 12.0. The highest BCUT2D eigenvalue weighted by Gasteiger charge is 2.13. The maximum Gasteiger partial charge on any atom is 0.237 e. The number of benzene rings is 1. The molecule has 0 saturated heterocycles. The first-order chi connectivity index (χ1) is 10.1. The Labute approximate surface area is 122 Å². The van der Waals surface area contributed by atoms with Crippen molar-refractivity contribution in [3.8, 4) is 5.75 Å². The van der Waals surface area contributed by atoms with Gasteiger partial charge in [0.15, 0.2) is 0 Å². The average Bonchev–Trinajstić information content (AvgIpc) is 2.99. The molecule has 0 fully saturated rings. The molecule has 1 aromatic heterocycles. The smallest absolute Gasteiger partial charge is 0.237 e. The molecule has 0 bridgehead atoms. The molecule has 0 unspecified atom stereocenters. The van der Waals surface area contributed by atoms with Gasteiger partial charge in [-0.2, -0.15) is 0 Å². The number of amides is 1. The van der Waals surface area contributed by atoms with Gasteiger partial charge < -0.3 is 16.2 Å². The van der Waals surface area contributed by atoms with Crippen LogP contribution in [-0.4, -0.2) is 38.6 Å². The number of phenols is 1. The van der Waals surface area contributed by atoms with E-state index in [2.05, 4.69) is 15.6 Å². The first-order valence-corrected chi connectivity index (χ1v) is 6.80. The van der Waals surface area contributed by atoms with Crippen molar-refractivity contribution in [2.24, 2.45) is 5.73 Å². The average molecular weight is 289 g/mol. The molecule has 0 spiro atoms. The molecule has 1 amide bonds. The Hall–Kier alpha value is -2.41. The predicted octanol–water partition coefficient (Wildman–Crippen LogP) is 0.0600. The molecule has 1 atom stereocenters. The van der Waals surface area contributed by atoms with Crippen LogP contribution < -0.4 is 11.1 Å². The summed E-state index contributed by atoms with van der Waals surface area (Å²) >= 11 is 0. The third-order valence-corrected chi connectivity index (χ3v) is 3.06. The Morgan fingerprint density at radius 1 is 1.38 bits per heavy atom. The van der Waals surface area contributed by atoms with Gasteiger partial charge in [-0.3, -0.25) is 9.48 Å². The fraction of sp³-hybridized carbons (Fsp3) is 0.357. The van der Waals surface area contributed by atoms with Gasteiger partial charge >= 0.3 is 0 Å². The van der Waals surface area contributed by atoms with Crippen molar-refractivity contribution < 1.29 is 9.90 Å². The lowest BCUT2D eigenvalue weighted by atomic mass is 10.1. The van der Waals surface area contributed by atoms with Gasteiger partial charge in [0.2, 0.25) is 5.91 Å². The summed E-state index contributed by atoms with van der Waals surface area (Å²) in [6.45, 7) is 1.25. The van der Waals surface area contributed by atoms with E-state index >= 15 is 0 Å². The summed E-state index contributed by atoms with van der Waals surface area (Å²) in [5.74, 6) is 0.0200. The highest BCUT2D eigenvalue weighted by atomic mass is 16.3. The van der Waals surface area contributed by atoms with Crippen LogP contribution in [0.25, 0.3) is 0 Å². The third-order valence-electron chi connectivity index (χ3n) is 3.06. The van der Waals surface area contributed by atoms with Gasteiger partial charge in [-0.25, -0.2) is 0 Å². The lowest BCUT2D eigenvalue weighted by Crippen LogP contribution is -2.42. The number of carbonyl (C=O) groups is 1. The number of aromatic nitrogens is 3. The van der Waals surface area contributed by atoms with Crippen LogP contribution in [0.1, 0.15) is 12.0 Å². The van der Waals surface area contributed by atoms with Crippen LogP contribution in [0.5, 0.6) is 5.75 Å². The molecule has 0 aliphatic heterocycles. The molecule has 1 aromatic carbocycles. The Bertz CT molecular complexity index is 553. The zero-order chi connectivity index (χ0) is 15.1. The van der Waals surface area contributed by atoms with Gasteiger partial charge in [-0.05, 0) is 30.5 Å². The van der Waals surface area contributed by atoms with E-state index in [1.807, 2.05) is 0 Å². The van der Waals surface area contributed by atoms with Crippen LogP contribution >= 0.6 is 0 Å². The molecule has 0 saturated carbocycles. The molecule has 4 N–H and O–H groups in total. The minimum absolute atomic E-state index is 0.179. The Morgan fingerprint density at radius 3 is 2.81 bits per heavy atom. The number of carbonyl (C=O) groups excluding carboxylic acids is 1. The molecular formula is C14H19N5O2. The number of nitrogens with one attached hydrogen (secondary N) is 1. The Balaban J connectivity index is 1.68. The Kier molecular flexibility index (Phi) is 5.28. The zero-order valence-electron chi connectivity index (χ0n) is 11.6. The van der Waals surface area contributed by atoms with Gasteiger partial charge in [0.1, 0.15) is 5.75 Å². The summed E-state index contributed by atoms with van der Waals surface area (Å²) in [5.41, 5.74) is 6.78. The maximum absolute atomic E-state index is 11.9. The van der Waals surface area contributed by atoms with E-state index in [1.54, 1.807) is 41.3 Å². The summed E-state index contributed by atoms with van der Waals surface area (Å²) < 4.78 is 1.71. The van der Waals surface area contributed by atoms with Gasteiger partial charge in [0, 0.05) is 19.3 Å². The first-order valence-electron chi connectivity index (χ1n) is 6.80. The molecule has 2 aromatic rings. The number of nitrogens with two attached hydrogens (primary N) is 1. The van der Waals surface area contributed by atoms with E-state index in [4.69, 9.17) is 5.73 Å². The van der Waals surface area contributed by atoms with Crippen molar-refractivity contribution >= 4 is 5.91 Å². The van der Waals surface area contributed by atoms with Crippen molar-refractivity contribution in [3.63, 3.8) is 0 Å². The summed E-state index contributed by atoms with van der Waals surface area (Å²) in [7, 11) is 0.